The van der Waals surface area contributed by atoms with Gasteiger partial charge in [-0.2, -0.15) is 0 Å². The highest BCUT2D eigenvalue weighted by atomic mass is 16.6. The number of fused-ring (bicyclic) bond motifs is 2. The molecule has 1 aromatic carbocycles. The number of piperazine rings is 1. The third-order valence-corrected chi connectivity index (χ3v) is 8.96. The normalized spacial score (nSPS) is 37.5. The van der Waals surface area contributed by atoms with Crippen LogP contribution in [0.3, 0.4) is 0 Å². The Morgan fingerprint density at radius 2 is 1.88 bits per heavy atom. The van der Waals surface area contributed by atoms with Gasteiger partial charge >= 0.3 is 5.97 Å². The molecule has 33 heavy (non-hydrogen) atoms. The maximum absolute atomic E-state index is 12.9. The first-order chi connectivity index (χ1) is 16.0. The van der Waals surface area contributed by atoms with Crippen LogP contribution in [-0.2, 0) is 9.53 Å². The molecule has 5 heteroatoms. The molecule has 1 aromatic rings. The van der Waals surface area contributed by atoms with Gasteiger partial charge in [0.25, 0.3) is 0 Å². The number of nitrogens with zero attached hydrogens (tertiary/aromatic N) is 2. The Balaban J connectivity index is 1.18. The molecule has 2 saturated heterocycles. The van der Waals surface area contributed by atoms with E-state index in [1.807, 2.05) is 6.07 Å². The fourth-order valence-corrected chi connectivity index (χ4v) is 6.61. The number of esters is 1. The predicted molar refractivity (Wildman–Crippen MR) is 130 cm³/mol. The summed E-state index contributed by atoms with van der Waals surface area (Å²) < 4.78 is 5.85. The van der Waals surface area contributed by atoms with Crippen molar-refractivity contribution >= 4 is 12.0 Å². The van der Waals surface area contributed by atoms with E-state index in [1.54, 1.807) is 0 Å². The third kappa shape index (κ3) is 4.31. The number of ether oxygens (including phenoxy) is 1. The molecule has 2 aliphatic carbocycles. The van der Waals surface area contributed by atoms with Gasteiger partial charge in [0.05, 0.1) is 12.0 Å². The largest absolute Gasteiger partial charge is 0.461 e. The molecule has 3 fully saturated rings. The smallest absolute Gasteiger partial charge is 0.311 e. The van der Waals surface area contributed by atoms with Crippen LogP contribution < -0.4 is 0 Å². The standard InChI is InChI=1S/C28H38N2O3/c1-20-8-6-12-22-18-24-25(26(31)28(20,22)2)23(27(32)33-24)19-30-16-14-29(15-17-30)13-7-11-21-9-4-3-5-10-21/h3-5,7,9-12,20,23-26,31H,6,8,13-19H2,1-2H3/b11-7+/t20-,23?,24+,25+,26-,28+/m0/s1. The van der Waals surface area contributed by atoms with Crippen molar-refractivity contribution < 1.29 is 14.6 Å². The summed E-state index contributed by atoms with van der Waals surface area (Å²) in [6, 6.07) is 10.4. The zero-order chi connectivity index (χ0) is 23.0. The first-order valence-corrected chi connectivity index (χ1v) is 12.7. The van der Waals surface area contributed by atoms with Crippen LogP contribution >= 0.6 is 0 Å². The van der Waals surface area contributed by atoms with Gasteiger partial charge in [0.1, 0.15) is 6.10 Å². The second-order valence-corrected chi connectivity index (χ2v) is 10.7. The minimum atomic E-state index is -0.515. The van der Waals surface area contributed by atoms with E-state index < -0.39 is 6.10 Å². The van der Waals surface area contributed by atoms with E-state index in [2.05, 4.69) is 66.1 Å². The second-order valence-electron chi connectivity index (χ2n) is 10.7. The van der Waals surface area contributed by atoms with Crippen LogP contribution in [0.1, 0.15) is 38.7 Å². The number of aliphatic hydroxyl groups is 1. The first-order valence-electron chi connectivity index (χ1n) is 12.7. The molecular weight excluding hydrogens is 412 g/mol. The van der Waals surface area contributed by atoms with E-state index in [1.165, 1.54) is 11.1 Å². The molecule has 1 saturated carbocycles. The van der Waals surface area contributed by atoms with Gasteiger partial charge in [0, 0.05) is 57.0 Å². The SMILES string of the molecule is C[C@H]1CCC=C2C[C@H]3OC(=O)C(CN4CCN(C/C=C/c5ccccc5)CC4)[C@H]3[C@H](O)[C@@]21C. The van der Waals surface area contributed by atoms with Crippen LogP contribution in [0.2, 0.25) is 0 Å². The zero-order valence-electron chi connectivity index (χ0n) is 20.0. The fraction of sp³-hybridized carbons (Fsp3) is 0.607. The molecule has 6 atom stereocenters. The van der Waals surface area contributed by atoms with Crippen LogP contribution in [-0.4, -0.2) is 72.4 Å². The Morgan fingerprint density at radius 1 is 1.15 bits per heavy atom. The molecule has 4 aliphatic rings. The minimum absolute atomic E-state index is 0.0907. The summed E-state index contributed by atoms with van der Waals surface area (Å²) in [7, 11) is 0. The van der Waals surface area contributed by atoms with Crippen molar-refractivity contribution in [1.29, 1.82) is 0 Å². The molecule has 0 spiro atoms. The van der Waals surface area contributed by atoms with Gasteiger partial charge in [0.15, 0.2) is 0 Å². The van der Waals surface area contributed by atoms with Crippen molar-refractivity contribution in [2.24, 2.45) is 23.2 Å². The summed E-state index contributed by atoms with van der Waals surface area (Å²) >= 11 is 0. The van der Waals surface area contributed by atoms with E-state index in [4.69, 9.17) is 4.74 Å². The van der Waals surface area contributed by atoms with Gasteiger partial charge in [-0.15, -0.1) is 0 Å². The summed E-state index contributed by atoms with van der Waals surface area (Å²) in [5.74, 6) is 0.0131. The number of carbonyl (C=O) groups is 1. The maximum atomic E-state index is 12.9. The Morgan fingerprint density at radius 3 is 2.64 bits per heavy atom. The Kier molecular flexibility index (Phi) is 6.47. The average molecular weight is 451 g/mol. The van der Waals surface area contributed by atoms with Gasteiger partial charge in [0.2, 0.25) is 0 Å². The van der Waals surface area contributed by atoms with Crippen LogP contribution in [0.15, 0.2) is 48.1 Å². The lowest BCUT2D eigenvalue weighted by molar-refractivity contribution is -0.145. The average Bonchev–Trinajstić information content (AvgIpc) is 3.13. The highest BCUT2D eigenvalue weighted by molar-refractivity contribution is 5.76. The topological polar surface area (TPSA) is 53.0 Å². The molecule has 178 valence electrons. The zero-order valence-corrected chi connectivity index (χ0v) is 20.0. The molecule has 0 aromatic heterocycles. The summed E-state index contributed by atoms with van der Waals surface area (Å²) in [6.07, 6.45) is 9.01. The molecule has 0 radical (unpaired) electrons. The Hall–Kier alpha value is -1.95. The molecule has 0 bridgehead atoms. The monoisotopic (exact) mass is 450 g/mol. The van der Waals surface area contributed by atoms with Gasteiger partial charge in [-0.05, 0) is 24.3 Å². The molecule has 5 nitrogen and oxygen atoms in total. The van der Waals surface area contributed by atoms with Crippen molar-refractivity contribution in [1.82, 2.24) is 9.80 Å². The van der Waals surface area contributed by atoms with Crippen LogP contribution in [0, 0.1) is 23.2 Å². The first kappa shape index (κ1) is 22.8. The number of allylic oxidation sites excluding steroid dienone is 1. The van der Waals surface area contributed by atoms with E-state index in [9.17, 15) is 9.90 Å². The highest BCUT2D eigenvalue weighted by Gasteiger charge is 2.59. The van der Waals surface area contributed by atoms with Crippen molar-refractivity contribution in [2.45, 2.75) is 45.3 Å². The van der Waals surface area contributed by atoms with Crippen molar-refractivity contribution in [3.63, 3.8) is 0 Å². The van der Waals surface area contributed by atoms with E-state index in [0.717, 1.165) is 52.0 Å². The number of rotatable bonds is 5. The van der Waals surface area contributed by atoms with Crippen LogP contribution in [0.5, 0.6) is 0 Å². The molecule has 2 aliphatic heterocycles. The van der Waals surface area contributed by atoms with Crippen LogP contribution in [0.25, 0.3) is 6.08 Å². The molecule has 1 N–H and O–H groups in total. The van der Waals surface area contributed by atoms with E-state index >= 15 is 0 Å². The van der Waals surface area contributed by atoms with E-state index in [0.29, 0.717) is 12.5 Å². The number of hydrogen-bond acceptors (Lipinski definition) is 5. The summed E-state index contributed by atoms with van der Waals surface area (Å²) in [4.78, 5) is 17.8. The van der Waals surface area contributed by atoms with Gasteiger partial charge in [-0.25, -0.2) is 0 Å². The lowest BCUT2D eigenvalue weighted by atomic mass is 9.55. The number of benzene rings is 1. The molecular formula is C28H38N2O3. The van der Waals surface area contributed by atoms with Crippen molar-refractivity contribution in [3.8, 4) is 0 Å². The van der Waals surface area contributed by atoms with E-state index in [-0.39, 0.29) is 29.3 Å². The quantitative estimate of drug-likeness (QED) is 0.549. The summed E-state index contributed by atoms with van der Waals surface area (Å²) in [6.45, 7) is 10.0. The fourth-order valence-electron chi connectivity index (χ4n) is 6.61. The van der Waals surface area contributed by atoms with Crippen molar-refractivity contribution in [2.75, 3.05) is 39.3 Å². The van der Waals surface area contributed by atoms with Gasteiger partial charge < -0.3 is 9.84 Å². The van der Waals surface area contributed by atoms with Gasteiger partial charge in [-0.3, -0.25) is 14.6 Å². The highest BCUT2D eigenvalue weighted by Crippen LogP contribution is 2.56. The molecule has 5 rings (SSSR count). The van der Waals surface area contributed by atoms with Crippen LogP contribution in [0.4, 0.5) is 0 Å². The lowest BCUT2D eigenvalue weighted by Crippen LogP contribution is -2.55. The van der Waals surface area contributed by atoms with Gasteiger partial charge in [-0.1, -0.05) is 68.0 Å². The number of hydrogen-bond donors (Lipinski definition) is 1. The summed E-state index contributed by atoms with van der Waals surface area (Å²) in [5, 5.41) is 11.5. The summed E-state index contributed by atoms with van der Waals surface area (Å²) in [5.41, 5.74) is 2.31. The minimum Gasteiger partial charge on any atom is -0.461 e. The lowest BCUT2D eigenvalue weighted by Gasteiger charge is -2.52. The maximum Gasteiger partial charge on any atom is 0.311 e. The predicted octanol–water partition coefficient (Wildman–Crippen LogP) is 3.60. The second kappa shape index (κ2) is 9.36. The molecule has 0 amide bonds. The molecule has 2 heterocycles. The Labute approximate surface area is 198 Å². The van der Waals surface area contributed by atoms with Crippen molar-refractivity contribution in [3.05, 3.63) is 53.6 Å². The third-order valence-electron chi connectivity index (χ3n) is 8.96. The molecule has 1 unspecified atom stereocenters. The Bertz CT molecular complexity index is 905. The number of aliphatic hydroxyl groups excluding tert-OH is 1. The number of carbonyl (C=O) groups excluding carboxylic acids is 1.